The predicted octanol–water partition coefficient (Wildman–Crippen LogP) is 5.88. The maximum Gasteiger partial charge on any atom is 0.336 e. The summed E-state index contributed by atoms with van der Waals surface area (Å²) in [6, 6.07) is 16.3. The van der Waals surface area contributed by atoms with Crippen LogP contribution in [-0.4, -0.2) is 22.6 Å². The molecule has 0 atom stereocenters. The zero-order valence-electron chi connectivity index (χ0n) is 16.7. The Morgan fingerprint density at radius 1 is 1.03 bits per heavy atom. The van der Waals surface area contributed by atoms with Crippen molar-refractivity contribution in [1.82, 2.24) is 4.98 Å². The van der Waals surface area contributed by atoms with Gasteiger partial charge < -0.3 is 10.0 Å². The fourth-order valence-electron chi connectivity index (χ4n) is 4.44. The lowest BCUT2D eigenvalue weighted by Crippen LogP contribution is -2.18. The molecule has 0 fully saturated rings. The number of rotatable bonds is 3. The van der Waals surface area contributed by atoms with Crippen molar-refractivity contribution in [2.45, 2.75) is 13.3 Å². The zero-order chi connectivity index (χ0) is 21.7. The van der Waals surface area contributed by atoms with E-state index in [1.807, 2.05) is 23.1 Å². The van der Waals surface area contributed by atoms with Gasteiger partial charge in [-0.05, 0) is 54.8 Å². The molecule has 0 bridgehead atoms. The summed E-state index contributed by atoms with van der Waals surface area (Å²) in [4.78, 5) is 18.7. The number of hydrogen-bond acceptors (Lipinski definition) is 3. The highest BCUT2D eigenvalue weighted by Gasteiger charge is 2.28. The molecule has 5 rings (SSSR count). The standard InChI is InChI=1S/C25H18F2N2O2/c1-14-23(25(30)31)19-13-15(26)9-10-21(19)28-24(14)29-12-11-18-16(6-4-8-22(18)29)17-5-2-3-7-20(17)27/h2-10,13H,11-12H2,1H3,(H,30,31). The van der Waals surface area contributed by atoms with Crippen LogP contribution >= 0.6 is 0 Å². The number of carbonyl (C=O) groups is 1. The Morgan fingerprint density at radius 2 is 1.81 bits per heavy atom. The summed E-state index contributed by atoms with van der Waals surface area (Å²) in [5, 5.41) is 10.1. The molecule has 0 amide bonds. The highest BCUT2D eigenvalue weighted by molar-refractivity contribution is 6.05. The van der Waals surface area contributed by atoms with Crippen LogP contribution in [0.3, 0.4) is 0 Å². The van der Waals surface area contributed by atoms with Crippen molar-refractivity contribution in [3.8, 4) is 11.1 Å². The van der Waals surface area contributed by atoms with E-state index in [1.165, 1.54) is 24.3 Å². The van der Waals surface area contributed by atoms with E-state index in [0.717, 1.165) is 16.8 Å². The molecule has 1 N–H and O–H groups in total. The predicted molar refractivity (Wildman–Crippen MR) is 116 cm³/mol. The van der Waals surface area contributed by atoms with Gasteiger partial charge in [-0.3, -0.25) is 0 Å². The third-order valence-corrected chi connectivity index (χ3v) is 5.83. The van der Waals surface area contributed by atoms with Gasteiger partial charge in [0.05, 0.1) is 11.1 Å². The second kappa shape index (κ2) is 7.16. The Kier molecular flexibility index (Phi) is 4.43. The van der Waals surface area contributed by atoms with E-state index < -0.39 is 11.8 Å². The number of nitrogens with zero attached hydrogens (tertiary/aromatic N) is 2. The normalized spacial score (nSPS) is 12.9. The molecule has 0 unspecified atom stereocenters. The molecule has 0 radical (unpaired) electrons. The van der Waals surface area contributed by atoms with E-state index in [4.69, 9.17) is 0 Å². The van der Waals surface area contributed by atoms with Gasteiger partial charge in [0.25, 0.3) is 0 Å². The summed E-state index contributed by atoms with van der Waals surface area (Å²) in [6.45, 7) is 2.27. The summed E-state index contributed by atoms with van der Waals surface area (Å²) in [5.41, 5.74) is 4.13. The van der Waals surface area contributed by atoms with Crippen LogP contribution in [0.15, 0.2) is 60.7 Å². The molecule has 1 aromatic heterocycles. The molecule has 4 aromatic rings. The smallest absolute Gasteiger partial charge is 0.336 e. The van der Waals surface area contributed by atoms with Crippen molar-refractivity contribution in [2.75, 3.05) is 11.4 Å². The number of anilines is 2. The highest BCUT2D eigenvalue weighted by Crippen LogP contribution is 2.42. The fourth-order valence-corrected chi connectivity index (χ4v) is 4.44. The van der Waals surface area contributed by atoms with Crippen molar-refractivity contribution in [3.63, 3.8) is 0 Å². The summed E-state index contributed by atoms with van der Waals surface area (Å²) in [7, 11) is 0. The van der Waals surface area contributed by atoms with Crippen molar-refractivity contribution >= 4 is 28.4 Å². The van der Waals surface area contributed by atoms with Crippen molar-refractivity contribution in [1.29, 1.82) is 0 Å². The van der Waals surface area contributed by atoms with Gasteiger partial charge in [0.15, 0.2) is 0 Å². The molecular weight excluding hydrogens is 398 g/mol. The molecule has 0 saturated carbocycles. The minimum atomic E-state index is -1.13. The number of carboxylic acids is 1. The molecule has 154 valence electrons. The Labute approximate surface area is 177 Å². The SMILES string of the molecule is Cc1c(N2CCc3c(-c4ccccc4F)cccc32)nc2ccc(F)cc2c1C(=O)O. The lowest BCUT2D eigenvalue weighted by atomic mass is 9.97. The zero-order valence-corrected chi connectivity index (χ0v) is 16.7. The van der Waals surface area contributed by atoms with Crippen molar-refractivity contribution in [2.24, 2.45) is 0 Å². The van der Waals surface area contributed by atoms with Crippen molar-refractivity contribution in [3.05, 3.63) is 89.0 Å². The van der Waals surface area contributed by atoms with Crippen molar-refractivity contribution < 1.29 is 18.7 Å². The monoisotopic (exact) mass is 416 g/mol. The number of pyridine rings is 1. The van der Waals surface area contributed by atoms with E-state index >= 15 is 0 Å². The van der Waals surface area contributed by atoms with Crippen LogP contribution in [0.5, 0.6) is 0 Å². The van der Waals surface area contributed by atoms with Gasteiger partial charge in [0, 0.05) is 28.7 Å². The number of benzene rings is 3. The molecule has 1 aliphatic rings. The lowest BCUT2D eigenvalue weighted by Gasteiger charge is -2.23. The summed E-state index contributed by atoms with van der Waals surface area (Å²) in [5.74, 6) is -1.41. The molecule has 31 heavy (non-hydrogen) atoms. The number of hydrogen-bond donors (Lipinski definition) is 1. The Hall–Kier alpha value is -3.80. The summed E-state index contributed by atoms with van der Waals surface area (Å²) in [6.07, 6.45) is 0.671. The summed E-state index contributed by atoms with van der Waals surface area (Å²) < 4.78 is 28.2. The fraction of sp³-hybridized carbons (Fsp3) is 0.120. The average molecular weight is 416 g/mol. The first-order valence-corrected chi connectivity index (χ1v) is 9.93. The first-order chi connectivity index (χ1) is 15.0. The lowest BCUT2D eigenvalue weighted by molar-refractivity contribution is 0.0698. The topological polar surface area (TPSA) is 53.4 Å². The number of carboxylic acid groups (broad SMARTS) is 1. The van der Waals surface area contributed by atoms with Gasteiger partial charge in [0.1, 0.15) is 17.5 Å². The number of aromatic carboxylic acids is 1. The number of halogens is 2. The molecule has 0 aliphatic carbocycles. The average Bonchev–Trinajstić information content (AvgIpc) is 3.17. The van der Waals surface area contributed by atoms with Gasteiger partial charge in [0.2, 0.25) is 0 Å². The van der Waals surface area contributed by atoms with E-state index in [-0.39, 0.29) is 16.8 Å². The second-order valence-corrected chi connectivity index (χ2v) is 7.59. The third-order valence-electron chi connectivity index (χ3n) is 5.83. The summed E-state index contributed by atoms with van der Waals surface area (Å²) >= 11 is 0. The van der Waals surface area contributed by atoms with Gasteiger partial charge >= 0.3 is 5.97 Å². The molecule has 0 saturated heterocycles. The Balaban J connectivity index is 1.71. The van der Waals surface area contributed by atoms with Gasteiger partial charge in [-0.25, -0.2) is 18.6 Å². The van der Waals surface area contributed by atoms with Gasteiger partial charge in [-0.15, -0.1) is 0 Å². The van der Waals surface area contributed by atoms with Crippen LogP contribution in [-0.2, 0) is 6.42 Å². The van der Waals surface area contributed by atoms with E-state index in [1.54, 1.807) is 25.1 Å². The largest absolute Gasteiger partial charge is 0.478 e. The van der Waals surface area contributed by atoms with Gasteiger partial charge in [-0.2, -0.15) is 0 Å². The van der Waals surface area contributed by atoms with Gasteiger partial charge in [-0.1, -0.05) is 30.3 Å². The minimum Gasteiger partial charge on any atom is -0.478 e. The first kappa shape index (κ1) is 19.2. The molecule has 6 heteroatoms. The molecule has 4 nitrogen and oxygen atoms in total. The van der Waals surface area contributed by atoms with Crippen LogP contribution in [0.2, 0.25) is 0 Å². The number of aromatic nitrogens is 1. The molecule has 0 spiro atoms. The second-order valence-electron chi connectivity index (χ2n) is 7.59. The quantitative estimate of drug-likeness (QED) is 0.453. The first-order valence-electron chi connectivity index (χ1n) is 9.93. The van der Waals surface area contributed by atoms with Crippen LogP contribution < -0.4 is 4.90 Å². The minimum absolute atomic E-state index is 0.0400. The van der Waals surface area contributed by atoms with E-state index in [2.05, 4.69) is 4.98 Å². The Morgan fingerprint density at radius 3 is 2.58 bits per heavy atom. The van der Waals surface area contributed by atoms with Crippen LogP contribution in [0.1, 0.15) is 21.5 Å². The Bertz CT molecular complexity index is 1370. The maximum absolute atomic E-state index is 14.5. The van der Waals surface area contributed by atoms with E-state index in [0.29, 0.717) is 35.4 Å². The molecule has 2 heterocycles. The number of fused-ring (bicyclic) bond motifs is 2. The van der Waals surface area contributed by atoms with Crippen LogP contribution in [0, 0.1) is 18.6 Å². The highest BCUT2D eigenvalue weighted by atomic mass is 19.1. The van der Waals surface area contributed by atoms with Crippen LogP contribution in [0.25, 0.3) is 22.0 Å². The van der Waals surface area contributed by atoms with E-state index in [9.17, 15) is 18.7 Å². The third kappa shape index (κ3) is 3.03. The maximum atomic E-state index is 14.5. The molecule has 3 aromatic carbocycles. The van der Waals surface area contributed by atoms with Crippen LogP contribution in [0.4, 0.5) is 20.3 Å². The molecular formula is C25H18F2N2O2. The molecule has 1 aliphatic heterocycles.